The van der Waals surface area contributed by atoms with Gasteiger partial charge < -0.3 is 14.4 Å². The maximum atomic E-state index is 10.9. The topological polar surface area (TPSA) is 68.1 Å². The van der Waals surface area contributed by atoms with E-state index in [2.05, 4.69) is 9.80 Å². The number of benzene rings is 1. The van der Waals surface area contributed by atoms with Crippen LogP contribution in [-0.2, 0) is 4.74 Å². The smallest absolute Gasteiger partial charge is 0.273 e. The molecule has 1 aromatic carbocycles. The van der Waals surface area contributed by atoms with Gasteiger partial charge in [-0.3, -0.25) is 15.0 Å². The van der Waals surface area contributed by atoms with Crippen molar-refractivity contribution in [2.24, 2.45) is 0 Å². The Morgan fingerprint density at radius 2 is 2.00 bits per heavy atom. The van der Waals surface area contributed by atoms with E-state index < -0.39 is 0 Å². The van der Waals surface area contributed by atoms with Gasteiger partial charge in [0.25, 0.3) is 5.69 Å². The lowest BCUT2D eigenvalue weighted by molar-refractivity contribution is -0.384. The van der Waals surface area contributed by atoms with Crippen LogP contribution >= 0.6 is 0 Å². The average Bonchev–Trinajstić information content (AvgIpc) is 2.61. The van der Waals surface area contributed by atoms with Crippen LogP contribution in [0.2, 0.25) is 0 Å². The predicted octanol–water partition coefficient (Wildman–Crippen LogP) is 1.66. The van der Waals surface area contributed by atoms with E-state index in [9.17, 15) is 10.1 Å². The summed E-state index contributed by atoms with van der Waals surface area (Å²) in [5, 5.41) is 10.9. The summed E-state index contributed by atoms with van der Waals surface area (Å²) in [7, 11) is 0. The number of rotatable bonds is 2. The van der Waals surface area contributed by atoms with E-state index in [0.29, 0.717) is 24.4 Å². The van der Waals surface area contributed by atoms with Gasteiger partial charge in [0.2, 0.25) is 0 Å². The van der Waals surface area contributed by atoms with Crippen molar-refractivity contribution in [2.75, 3.05) is 44.4 Å². The fourth-order valence-electron chi connectivity index (χ4n) is 3.88. The molecule has 0 aromatic heterocycles. The van der Waals surface area contributed by atoms with Crippen LogP contribution in [0.4, 0.5) is 11.4 Å². The van der Waals surface area contributed by atoms with E-state index in [4.69, 9.17) is 9.47 Å². The first kappa shape index (κ1) is 14.7. The Morgan fingerprint density at radius 1 is 1.17 bits per heavy atom. The van der Waals surface area contributed by atoms with Gasteiger partial charge in [0.15, 0.2) is 0 Å². The van der Waals surface area contributed by atoms with Crippen LogP contribution in [0.25, 0.3) is 0 Å². The first-order valence-corrected chi connectivity index (χ1v) is 8.22. The summed E-state index contributed by atoms with van der Waals surface area (Å²) in [4.78, 5) is 15.4. The number of hydrogen-bond acceptors (Lipinski definition) is 6. The van der Waals surface area contributed by atoms with Crippen molar-refractivity contribution in [3.63, 3.8) is 0 Å². The molecular formula is C16H21N3O4. The standard InChI is InChI=1S/C16H21N3O4/c20-19(21)13-1-2-15-16(9-13)23-11-14-10-17(5-6-18(14)15)12-3-7-22-8-4-12/h1-2,9,12,14H,3-8,10-11H2. The van der Waals surface area contributed by atoms with Gasteiger partial charge in [-0.05, 0) is 18.9 Å². The van der Waals surface area contributed by atoms with E-state index in [1.165, 1.54) is 6.07 Å². The molecule has 23 heavy (non-hydrogen) atoms. The monoisotopic (exact) mass is 319 g/mol. The number of piperazine rings is 1. The molecule has 0 bridgehead atoms. The Labute approximate surface area is 134 Å². The van der Waals surface area contributed by atoms with Crippen molar-refractivity contribution in [1.82, 2.24) is 4.90 Å². The van der Waals surface area contributed by atoms with Crippen molar-refractivity contribution < 1.29 is 14.4 Å². The SMILES string of the molecule is O=[N+]([O-])c1ccc2c(c1)OCC1CN(C3CCOCC3)CCN21. The van der Waals surface area contributed by atoms with Gasteiger partial charge in [0, 0.05) is 45.0 Å². The van der Waals surface area contributed by atoms with Gasteiger partial charge in [0.1, 0.15) is 12.4 Å². The Hall–Kier alpha value is -1.86. The summed E-state index contributed by atoms with van der Waals surface area (Å²) in [5.41, 5.74) is 1.07. The molecule has 1 atom stereocenters. The molecule has 0 saturated carbocycles. The third kappa shape index (κ3) is 2.74. The van der Waals surface area contributed by atoms with Crippen molar-refractivity contribution in [1.29, 1.82) is 0 Å². The fourth-order valence-corrected chi connectivity index (χ4v) is 3.88. The Balaban J connectivity index is 1.50. The molecule has 3 heterocycles. The zero-order valence-corrected chi connectivity index (χ0v) is 13.0. The fraction of sp³-hybridized carbons (Fsp3) is 0.625. The molecule has 0 N–H and O–H groups in total. The molecule has 0 aliphatic carbocycles. The molecule has 2 fully saturated rings. The van der Waals surface area contributed by atoms with Gasteiger partial charge in [-0.2, -0.15) is 0 Å². The highest BCUT2D eigenvalue weighted by Crippen LogP contribution is 2.38. The highest BCUT2D eigenvalue weighted by atomic mass is 16.6. The summed E-state index contributed by atoms with van der Waals surface area (Å²) in [6, 6.07) is 5.86. The second kappa shape index (κ2) is 5.98. The normalized spacial score (nSPS) is 25.4. The third-order valence-corrected chi connectivity index (χ3v) is 5.12. The van der Waals surface area contributed by atoms with Crippen LogP contribution < -0.4 is 9.64 Å². The van der Waals surface area contributed by atoms with Gasteiger partial charge in [-0.1, -0.05) is 0 Å². The molecule has 1 aromatic rings. The number of ether oxygens (including phenoxy) is 2. The predicted molar refractivity (Wildman–Crippen MR) is 85.1 cm³/mol. The Morgan fingerprint density at radius 3 is 2.78 bits per heavy atom. The molecular weight excluding hydrogens is 298 g/mol. The summed E-state index contributed by atoms with van der Waals surface area (Å²) >= 11 is 0. The van der Waals surface area contributed by atoms with Crippen LogP contribution in [0, 0.1) is 10.1 Å². The maximum absolute atomic E-state index is 10.9. The molecule has 7 nitrogen and oxygen atoms in total. The van der Waals surface area contributed by atoms with E-state index in [0.717, 1.165) is 51.4 Å². The molecule has 2 saturated heterocycles. The lowest BCUT2D eigenvalue weighted by Crippen LogP contribution is -2.59. The van der Waals surface area contributed by atoms with Crippen LogP contribution in [0.3, 0.4) is 0 Å². The third-order valence-electron chi connectivity index (χ3n) is 5.12. The molecule has 3 aliphatic rings. The van der Waals surface area contributed by atoms with Gasteiger partial charge in [0.05, 0.1) is 22.7 Å². The minimum atomic E-state index is -0.376. The van der Waals surface area contributed by atoms with Crippen molar-refractivity contribution in [3.8, 4) is 5.75 Å². The van der Waals surface area contributed by atoms with Crippen LogP contribution in [0.1, 0.15) is 12.8 Å². The highest BCUT2D eigenvalue weighted by molar-refractivity contribution is 5.64. The van der Waals surface area contributed by atoms with Crippen LogP contribution in [0.15, 0.2) is 18.2 Å². The first-order chi connectivity index (χ1) is 11.2. The molecule has 124 valence electrons. The average molecular weight is 319 g/mol. The van der Waals surface area contributed by atoms with Crippen LogP contribution in [0.5, 0.6) is 5.75 Å². The number of fused-ring (bicyclic) bond motifs is 3. The van der Waals surface area contributed by atoms with E-state index >= 15 is 0 Å². The lowest BCUT2D eigenvalue weighted by atomic mass is 10.0. The highest BCUT2D eigenvalue weighted by Gasteiger charge is 2.36. The largest absolute Gasteiger partial charge is 0.489 e. The van der Waals surface area contributed by atoms with E-state index in [1.807, 2.05) is 6.07 Å². The number of nitro groups is 1. The zero-order chi connectivity index (χ0) is 15.8. The minimum absolute atomic E-state index is 0.0861. The molecule has 0 radical (unpaired) electrons. The Bertz CT molecular complexity index is 603. The van der Waals surface area contributed by atoms with Crippen molar-refractivity contribution in [2.45, 2.75) is 24.9 Å². The number of non-ortho nitro benzene ring substituents is 1. The number of nitro benzene ring substituents is 1. The summed E-state index contributed by atoms with van der Waals surface area (Å²) in [6.45, 7) is 5.26. The summed E-state index contributed by atoms with van der Waals surface area (Å²) in [5.74, 6) is 0.634. The zero-order valence-electron chi connectivity index (χ0n) is 13.0. The maximum Gasteiger partial charge on any atom is 0.273 e. The number of anilines is 1. The lowest BCUT2D eigenvalue weighted by Gasteiger charge is -2.48. The number of hydrogen-bond donors (Lipinski definition) is 0. The summed E-state index contributed by atoms with van der Waals surface area (Å²) < 4.78 is 11.3. The molecule has 4 rings (SSSR count). The van der Waals surface area contributed by atoms with Crippen LogP contribution in [-0.4, -0.2) is 61.4 Å². The molecule has 0 amide bonds. The Kier molecular flexibility index (Phi) is 3.82. The summed E-state index contributed by atoms with van der Waals surface area (Å²) in [6.07, 6.45) is 2.21. The number of nitrogens with zero attached hydrogens (tertiary/aromatic N) is 3. The minimum Gasteiger partial charge on any atom is -0.489 e. The molecule has 0 spiro atoms. The van der Waals surface area contributed by atoms with E-state index in [1.54, 1.807) is 6.07 Å². The molecule has 1 unspecified atom stereocenters. The first-order valence-electron chi connectivity index (χ1n) is 8.22. The second-order valence-corrected chi connectivity index (χ2v) is 6.41. The van der Waals surface area contributed by atoms with Gasteiger partial charge in [-0.15, -0.1) is 0 Å². The van der Waals surface area contributed by atoms with Crippen molar-refractivity contribution >= 4 is 11.4 Å². The second-order valence-electron chi connectivity index (χ2n) is 6.41. The van der Waals surface area contributed by atoms with Gasteiger partial charge in [-0.25, -0.2) is 0 Å². The van der Waals surface area contributed by atoms with Gasteiger partial charge >= 0.3 is 0 Å². The quantitative estimate of drug-likeness (QED) is 0.610. The van der Waals surface area contributed by atoms with Crippen molar-refractivity contribution in [3.05, 3.63) is 28.3 Å². The molecule has 7 heteroatoms. The molecule has 3 aliphatic heterocycles. The van der Waals surface area contributed by atoms with E-state index in [-0.39, 0.29) is 10.6 Å².